The van der Waals surface area contributed by atoms with Crippen molar-refractivity contribution in [1.29, 1.82) is 0 Å². The third kappa shape index (κ3) is 5.01. The van der Waals surface area contributed by atoms with Crippen LogP contribution in [0.3, 0.4) is 0 Å². The number of amides is 2. The molecule has 8 nitrogen and oxygen atoms in total. The summed E-state index contributed by atoms with van der Waals surface area (Å²) in [6.45, 7) is 4.29. The molecule has 0 spiro atoms. The van der Waals surface area contributed by atoms with Crippen molar-refractivity contribution >= 4 is 27.5 Å². The summed E-state index contributed by atoms with van der Waals surface area (Å²) in [5.74, 6) is 0.191. The van der Waals surface area contributed by atoms with Gasteiger partial charge in [-0.15, -0.1) is 0 Å². The largest absolute Gasteiger partial charge is 0.347 e. The number of rotatable bonds is 8. The first-order chi connectivity index (χ1) is 14.2. The molecular weight excluding hydrogens is 404 g/mol. The molecule has 0 radical (unpaired) electrons. The van der Waals surface area contributed by atoms with Crippen LogP contribution in [0.1, 0.15) is 37.7 Å². The normalized spacial score (nSPS) is 20.2. The number of nitrogens with one attached hydrogen (secondary N) is 1. The van der Waals surface area contributed by atoms with Crippen LogP contribution in [0.15, 0.2) is 23.1 Å². The third-order valence-electron chi connectivity index (χ3n) is 5.84. The lowest BCUT2D eigenvalue weighted by molar-refractivity contribution is -0.133. The number of likely N-dealkylation sites (tertiary alicyclic amines) is 1. The summed E-state index contributed by atoms with van der Waals surface area (Å²) in [4.78, 5) is 29.9. The van der Waals surface area contributed by atoms with Crippen molar-refractivity contribution in [3.63, 3.8) is 0 Å². The summed E-state index contributed by atoms with van der Waals surface area (Å²) in [7, 11) is -0.103. The maximum Gasteiger partial charge on any atom is 0.240 e. The van der Waals surface area contributed by atoms with Gasteiger partial charge in [0.05, 0.1) is 10.9 Å². The van der Waals surface area contributed by atoms with Crippen LogP contribution in [-0.2, 0) is 19.6 Å². The molecule has 2 saturated heterocycles. The summed E-state index contributed by atoms with van der Waals surface area (Å²) in [6.07, 6.45) is 3.85. The van der Waals surface area contributed by atoms with Gasteiger partial charge in [-0.1, -0.05) is 0 Å². The SMILES string of the molecule is Cc1cc(N2CCCC2=O)ccc1S(=O)(=O)NCCCN1CCCC1C(=O)N(C)C. The summed E-state index contributed by atoms with van der Waals surface area (Å²) in [5, 5.41) is 0. The second-order valence-electron chi connectivity index (χ2n) is 8.28. The van der Waals surface area contributed by atoms with Crippen LogP contribution in [0, 0.1) is 6.92 Å². The van der Waals surface area contributed by atoms with Gasteiger partial charge in [0, 0.05) is 45.8 Å². The lowest BCUT2D eigenvalue weighted by Gasteiger charge is -2.26. The van der Waals surface area contributed by atoms with E-state index in [2.05, 4.69) is 9.62 Å². The predicted molar refractivity (Wildman–Crippen MR) is 116 cm³/mol. The molecule has 1 aromatic carbocycles. The first kappa shape index (κ1) is 22.7. The van der Waals surface area contributed by atoms with Crippen molar-refractivity contribution < 1.29 is 18.0 Å². The second-order valence-corrected chi connectivity index (χ2v) is 10.0. The van der Waals surface area contributed by atoms with Crippen LogP contribution in [-0.4, -0.2) is 76.3 Å². The summed E-state index contributed by atoms with van der Waals surface area (Å²) in [6, 6.07) is 4.94. The number of likely N-dealkylation sites (N-methyl/N-ethyl adjacent to an activating group) is 1. The van der Waals surface area contributed by atoms with Gasteiger partial charge in [-0.2, -0.15) is 0 Å². The average Bonchev–Trinajstić information content (AvgIpc) is 3.33. The average molecular weight is 437 g/mol. The summed E-state index contributed by atoms with van der Waals surface area (Å²) >= 11 is 0. The van der Waals surface area contributed by atoms with Gasteiger partial charge >= 0.3 is 0 Å². The fourth-order valence-electron chi connectivity index (χ4n) is 4.26. The molecule has 2 amide bonds. The number of anilines is 1. The topological polar surface area (TPSA) is 90.0 Å². The van der Waals surface area contributed by atoms with E-state index in [1.54, 1.807) is 49.0 Å². The quantitative estimate of drug-likeness (QED) is 0.621. The highest BCUT2D eigenvalue weighted by molar-refractivity contribution is 7.89. The van der Waals surface area contributed by atoms with Crippen LogP contribution in [0.4, 0.5) is 5.69 Å². The van der Waals surface area contributed by atoms with Crippen molar-refractivity contribution in [1.82, 2.24) is 14.5 Å². The number of carbonyl (C=O) groups excluding carboxylic acids is 2. The van der Waals surface area contributed by atoms with Crippen LogP contribution >= 0.6 is 0 Å². The Hall–Kier alpha value is -1.97. The number of hydrogen-bond acceptors (Lipinski definition) is 5. The third-order valence-corrected chi connectivity index (χ3v) is 7.46. The van der Waals surface area contributed by atoms with E-state index in [1.165, 1.54) is 0 Å². The summed E-state index contributed by atoms with van der Waals surface area (Å²) in [5.41, 5.74) is 1.37. The monoisotopic (exact) mass is 436 g/mol. The molecule has 2 heterocycles. The van der Waals surface area contributed by atoms with Crippen LogP contribution in [0.5, 0.6) is 0 Å². The Kier molecular flexibility index (Phi) is 7.15. The van der Waals surface area contributed by atoms with Crippen molar-refractivity contribution in [2.24, 2.45) is 0 Å². The smallest absolute Gasteiger partial charge is 0.240 e. The molecule has 2 fully saturated rings. The minimum Gasteiger partial charge on any atom is -0.347 e. The molecule has 9 heteroatoms. The molecule has 2 aliphatic rings. The molecule has 166 valence electrons. The Labute approximate surface area is 179 Å². The minimum atomic E-state index is -3.63. The van der Waals surface area contributed by atoms with E-state index in [0.717, 1.165) is 31.5 Å². The number of hydrogen-bond donors (Lipinski definition) is 1. The number of benzene rings is 1. The lowest BCUT2D eigenvalue weighted by atomic mass is 10.2. The first-order valence-electron chi connectivity index (χ1n) is 10.6. The summed E-state index contributed by atoms with van der Waals surface area (Å²) < 4.78 is 28.2. The van der Waals surface area contributed by atoms with Gasteiger partial charge < -0.3 is 9.80 Å². The van der Waals surface area contributed by atoms with Crippen molar-refractivity contribution in [3.05, 3.63) is 23.8 Å². The highest BCUT2D eigenvalue weighted by Gasteiger charge is 2.31. The maximum atomic E-state index is 12.7. The Morgan fingerprint density at radius 3 is 2.63 bits per heavy atom. The minimum absolute atomic E-state index is 0.0797. The fourth-order valence-corrected chi connectivity index (χ4v) is 5.56. The van der Waals surface area contributed by atoms with E-state index in [0.29, 0.717) is 38.0 Å². The molecule has 0 aromatic heterocycles. The first-order valence-corrected chi connectivity index (χ1v) is 12.0. The van der Waals surface area contributed by atoms with E-state index >= 15 is 0 Å². The van der Waals surface area contributed by atoms with Gasteiger partial charge in [-0.3, -0.25) is 14.5 Å². The van der Waals surface area contributed by atoms with Gasteiger partial charge in [-0.05, 0) is 62.9 Å². The van der Waals surface area contributed by atoms with Crippen LogP contribution in [0.25, 0.3) is 0 Å². The molecule has 2 aliphatic heterocycles. The lowest BCUT2D eigenvalue weighted by Crippen LogP contribution is -2.43. The van der Waals surface area contributed by atoms with E-state index < -0.39 is 10.0 Å². The predicted octanol–water partition coefficient (Wildman–Crippen LogP) is 1.34. The van der Waals surface area contributed by atoms with E-state index in [4.69, 9.17) is 0 Å². The fraction of sp³-hybridized carbons (Fsp3) is 0.619. The second kappa shape index (κ2) is 9.45. The molecule has 1 aromatic rings. The molecule has 0 saturated carbocycles. The molecule has 0 bridgehead atoms. The van der Waals surface area contributed by atoms with Gasteiger partial charge in [0.2, 0.25) is 21.8 Å². The highest BCUT2D eigenvalue weighted by Crippen LogP contribution is 2.26. The molecule has 0 aliphatic carbocycles. The van der Waals surface area contributed by atoms with Crippen molar-refractivity contribution in [2.45, 2.75) is 50.0 Å². The van der Waals surface area contributed by atoms with Crippen molar-refractivity contribution in [3.8, 4) is 0 Å². The van der Waals surface area contributed by atoms with Crippen LogP contribution < -0.4 is 9.62 Å². The Bertz CT molecular complexity index is 900. The molecular formula is C21H32N4O4S. The molecule has 1 atom stereocenters. The number of nitrogens with zero attached hydrogens (tertiary/aromatic N) is 3. The Balaban J connectivity index is 1.55. The van der Waals surface area contributed by atoms with Gasteiger partial charge in [-0.25, -0.2) is 13.1 Å². The zero-order valence-electron chi connectivity index (χ0n) is 18.1. The van der Waals surface area contributed by atoms with Gasteiger partial charge in [0.15, 0.2) is 0 Å². The van der Waals surface area contributed by atoms with Gasteiger partial charge in [0.25, 0.3) is 0 Å². The Morgan fingerprint density at radius 1 is 1.23 bits per heavy atom. The molecule has 30 heavy (non-hydrogen) atoms. The molecule has 3 rings (SSSR count). The number of sulfonamides is 1. The molecule has 1 N–H and O–H groups in total. The number of carbonyl (C=O) groups is 2. The zero-order chi connectivity index (χ0) is 21.9. The zero-order valence-corrected chi connectivity index (χ0v) is 18.9. The maximum absolute atomic E-state index is 12.7. The Morgan fingerprint density at radius 2 is 2.00 bits per heavy atom. The van der Waals surface area contributed by atoms with Crippen LogP contribution in [0.2, 0.25) is 0 Å². The van der Waals surface area contributed by atoms with E-state index in [9.17, 15) is 18.0 Å². The van der Waals surface area contributed by atoms with Crippen molar-refractivity contribution in [2.75, 3.05) is 45.2 Å². The highest BCUT2D eigenvalue weighted by atomic mass is 32.2. The molecule has 1 unspecified atom stereocenters. The number of aryl methyl sites for hydroxylation is 1. The standard InChI is InChI=1S/C21H32N4O4S/c1-16-15-17(25-14-5-8-20(25)26)9-10-19(16)30(28,29)22-11-6-13-24-12-4-7-18(24)21(27)23(2)3/h9-10,15,18,22H,4-8,11-14H2,1-3H3. The van der Waals surface area contributed by atoms with E-state index in [-0.39, 0.29) is 22.8 Å². The van der Waals surface area contributed by atoms with Gasteiger partial charge in [0.1, 0.15) is 0 Å². The van der Waals surface area contributed by atoms with E-state index in [1.807, 2.05) is 0 Å².